The van der Waals surface area contributed by atoms with Crippen LogP contribution in [-0.2, 0) is 6.42 Å². The molecule has 20 heavy (non-hydrogen) atoms. The molecule has 0 aliphatic heterocycles. The summed E-state index contributed by atoms with van der Waals surface area (Å²) < 4.78 is 1.59. The van der Waals surface area contributed by atoms with E-state index in [1.165, 1.54) is 0 Å². The number of nitrogens with zero attached hydrogens (tertiary/aromatic N) is 3. The van der Waals surface area contributed by atoms with E-state index in [-0.39, 0.29) is 0 Å². The standard InChI is InChI=1S/C14H10Cl3N3/c1-2-8-7-11-18-13(16)12(14(17)20(11)19-8)9-5-3-4-6-10(9)15/h3-7H,2H2,1H3. The first-order chi connectivity index (χ1) is 9.61. The number of halogens is 3. The monoisotopic (exact) mass is 325 g/mol. The zero-order valence-electron chi connectivity index (χ0n) is 10.6. The molecule has 2 aromatic heterocycles. The van der Waals surface area contributed by atoms with Gasteiger partial charge in [-0.15, -0.1) is 0 Å². The number of fused-ring (bicyclic) bond motifs is 1. The molecule has 3 aromatic rings. The van der Waals surface area contributed by atoms with E-state index in [0.717, 1.165) is 17.7 Å². The SMILES string of the molecule is CCc1cc2nc(Cl)c(-c3ccccc3Cl)c(Cl)n2n1. The van der Waals surface area contributed by atoms with Gasteiger partial charge in [0.25, 0.3) is 0 Å². The second-order valence-corrected chi connectivity index (χ2v) is 5.43. The first-order valence-electron chi connectivity index (χ1n) is 6.10. The molecule has 102 valence electrons. The highest BCUT2D eigenvalue weighted by Gasteiger charge is 2.17. The van der Waals surface area contributed by atoms with Crippen molar-refractivity contribution in [2.45, 2.75) is 13.3 Å². The Kier molecular flexibility index (Phi) is 3.59. The Balaban J connectivity index is 2.34. The lowest BCUT2D eigenvalue weighted by atomic mass is 10.1. The second kappa shape index (κ2) is 5.24. The maximum Gasteiger partial charge on any atom is 0.158 e. The summed E-state index contributed by atoms with van der Waals surface area (Å²) in [6.45, 7) is 2.02. The Morgan fingerprint density at radius 2 is 1.90 bits per heavy atom. The van der Waals surface area contributed by atoms with E-state index < -0.39 is 0 Å². The fraction of sp³-hybridized carbons (Fsp3) is 0.143. The van der Waals surface area contributed by atoms with Crippen molar-refractivity contribution in [2.24, 2.45) is 0 Å². The van der Waals surface area contributed by atoms with Crippen LogP contribution < -0.4 is 0 Å². The summed E-state index contributed by atoms with van der Waals surface area (Å²) in [5, 5.41) is 5.71. The molecule has 0 unspecified atom stereocenters. The van der Waals surface area contributed by atoms with E-state index in [2.05, 4.69) is 10.1 Å². The van der Waals surface area contributed by atoms with E-state index in [4.69, 9.17) is 34.8 Å². The minimum Gasteiger partial charge on any atom is -0.216 e. The minimum absolute atomic E-state index is 0.318. The van der Waals surface area contributed by atoms with Crippen molar-refractivity contribution in [3.8, 4) is 11.1 Å². The molecule has 0 N–H and O–H groups in total. The van der Waals surface area contributed by atoms with Gasteiger partial charge in [-0.2, -0.15) is 5.10 Å². The lowest BCUT2D eigenvalue weighted by Gasteiger charge is -2.09. The Bertz CT molecular complexity index is 796. The van der Waals surface area contributed by atoms with Crippen molar-refractivity contribution < 1.29 is 0 Å². The molecule has 3 nitrogen and oxygen atoms in total. The van der Waals surface area contributed by atoms with Gasteiger partial charge in [0.1, 0.15) is 10.3 Å². The molecular weight excluding hydrogens is 317 g/mol. The summed E-state index contributed by atoms with van der Waals surface area (Å²) >= 11 is 18.9. The largest absolute Gasteiger partial charge is 0.216 e. The Hall–Kier alpha value is -1.29. The molecule has 0 saturated heterocycles. The van der Waals surface area contributed by atoms with E-state index in [1.807, 2.05) is 31.2 Å². The summed E-state index contributed by atoms with van der Waals surface area (Å²) in [6.07, 6.45) is 0.804. The van der Waals surface area contributed by atoms with Crippen molar-refractivity contribution in [1.29, 1.82) is 0 Å². The minimum atomic E-state index is 0.318. The van der Waals surface area contributed by atoms with Gasteiger partial charge in [-0.25, -0.2) is 9.50 Å². The Morgan fingerprint density at radius 1 is 1.15 bits per heavy atom. The first kappa shape index (κ1) is 13.7. The highest BCUT2D eigenvalue weighted by atomic mass is 35.5. The molecule has 0 atom stereocenters. The summed E-state index contributed by atoms with van der Waals surface area (Å²) in [7, 11) is 0. The lowest BCUT2D eigenvalue weighted by molar-refractivity contribution is 0.889. The molecule has 1 aromatic carbocycles. The van der Waals surface area contributed by atoms with Crippen LogP contribution in [0.2, 0.25) is 15.3 Å². The first-order valence-corrected chi connectivity index (χ1v) is 7.23. The van der Waals surface area contributed by atoms with Crippen LogP contribution in [0.3, 0.4) is 0 Å². The third kappa shape index (κ3) is 2.16. The highest BCUT2D eigenvalue weighted by Crippen LogP contribution is 2.37. The molecule has 6 heteroatoms. The van der Waals surface area contributed by atoms with Crippen LogP contribution in [0.5, 0.6) is 0 Å². The fourth-order valence-corrected chi connectivity index (χ4v) is 2.92. The highest BCUT2D eigenvalue weighted by molar-refractivity contribution is 6.40. The quantitative estimate of drug-likeness (QED) is 0.626. The third-order valence-corrected chi connectivity index (χ3v) is 4.01. The van der Waals surface area contributed by atoms with Crippen molar-refractivity contribution >= 4 is 40.4 Å². The number of benzene rings is 1. The predicted octanol–water partition coefficient (Wildman–Crippen LogP) is 4.92. The van der Waals surface area contributed by atoms with Gasteiger partial charge in [0.2, 0.25) is 0 Å². The number of aryl methyl sites for hydroxylation is 1. The normalized spacial score (nSPS) is 11.2. The summed E-state index contributed by atoms with van der Waals surface area (Å²) in [4.78, 5) is 4.35. The molecule has 0 aliphatic rings. The van der Waals surface area contributed by atoms with Gasteiger partial charge in [-0.05, 0) is 12.5 Å². The lowest BCUT2D eigenvalue weighted by Crippen LogP contribution is -1.97. The molecule has 0 fully saturated rings. The van der Waals surface area contributed by atoms with Gasteiger partial charge in [0, 0.05) is 16.7 Å². The van der Waals surface area contributed by atoms with Crippen LogP contribution in [0.4, 0.5) is 0 Å². The third-order valence-electron chi connectivity index (χ3n) is 3.06. The molecule has 0 spiro atoms. The van der Waals surface area contributed by atoms with Gasteiger partial charge >= 0.3 is 0 Å². The van der Waals surface area contributed by atoms with Gasteiger partial charge < -0.3 is 0 Å². The maximum atomic E-state index is 6.44. The second-order valence-electron chi connectivity index (χ2n) is 4.31. The maximum absolute atomic E-state index is 6.44. The van der Waals surface area contributed by atoms with Gasteiger partial charge in [-0.3, -0.25) is 0 Å². The van der Waals surface area contributed by atoms with Crippen molar-refractivity contribution in [2.75, 3.05) is 0 Å². The topological polar surface area (TPSA) is 30.2 Å². The van der Waals surface area contributed by atoms with Crippen LogP contribution in [0, 0.1) is 0 Å². The predicted molar refractivity (Wildman–Crippen MR) is 82.8 cm³/mol. The Morgan fingerprint density at radius 3 is 2.60 bits per heavy atom. The van der Waals surface area contributed by atoms with Crippen LogP contribution in [0.15, 0.2) is 30.3 Å². The number of aromatic nitrogens is 3. The summed E-state index contributed by atoms with van der Waals surface area (Å²) in [6, 6.07) is 9.23. The molecular formula is C14H10Cl3N3. The molecule has 0 saturated carbocycles. The smallest absolute Gasteiger partial charge is 0.158 e. The molecule has 3 rings (SSSR count). The van der Waals surface area contributed by atoms with Crippen molar-refractivity contribution in [3.63, 3.8) is 0 Å². The number of hydrogen-bond acceptors (Lipinski definition) is 2. The van der Waals surface area contributed by atoms with Crippen LogP contribution in [-0.4, -0.2) is 14.6 Å². The van der Waals surface area contributed by atoms with Crippen LogP contribution in [0.25, 0.3) is 16.8 Å². The Labute approximate surface area is 131 Å². The zero-order valence-corrected chi connectivity index (χ0v) is 12.8. The summed E-state index contributed by atoms with van der Waals surface area (Å²) in [5.41, 5.74) is 2.88. The average molecular weight is 327 g/mol. The van der Waals surface area contributed by atoms with E-state index in [9.17, 15) is 0 Å². The molecule has 2 heterocycles. The molecule has 0 aliphatic carbocycles. The van der Waals surface area contributed by atoms with E-state index in [1.54, 1.807) is 10.6 Å². The fourth-order valence-electron chi connectivity index (χ4n) is 2.05. The molecule has 0 radical (unpaired) electrons. The van der Waals surface area contributed by atoms with E-state index >= 15 is 0 Å². The van der Waals surface area contributed by atoms with Gasteiger partial charge in [-0.1, -0.05) is 59.9 Å². The van der Waals surface area contributed by atoms with Crippen molar-refractivity contribution in [1.82, 2.24) is 14.6 Å². The van der Waals surface area contributed by atoms with Gasteiger partial charge in [0.15, 0.2) is 5.65 Å². The summed E-state index contributed by atoms with van der Waals surface area (Å²) in [5.74, 6) is 0. The van der Waals surface area contributed by atoms with E-state index in [0.29, 0.717) is 26.5 Å². The molecule has 0 amide bonds. The molecule has 0 bridgehead atoms. The van der Waals surface area contributed by atoms with Crippen molar-refractivity contribution in [3.05, 3.63) is 51.4 Å². The van der Waals surface area contributed by atoms with Gasteiger partial charge in [0.05, 0.1) is 11.3 Å². The number of hydrogen-bond donors (Lipinski definition) is 0. The number of rotatable bonds is 2. The van der Waals surface area contributed by atoms with Crippen LogP contribution >= 0.6 is 34.8 Å². The zero-order chi connectivity index (χ0) is 14.3. The average Bonchev–Trinajstić information content (AvgIpc) is 2.84. The van der Waals surface area contributed by atoms with Crippen LogP contribution in [0.1, 0.15) is 12.6 Å².